The van der Waals surface area contributed by atoms with Gasteiger partial charge in [0, 0.05) is 6.21 Å². The number of allylic oxidation sites excluding steroid dienone is 1. The van der Waals surface area contributed by atoms with Gasteiger partial charge in [-0.25, -0.2) is 4.79 Å². The SMILES string of the molecule is CC1=C(C)[C@H](C(=O)O)N=C1. The van der Waals surface area contributed by atoms with Crippen LogP contribution in [0.2, 0.25) is 0 Å². The predicted molar refractivity (Wildman–Crippen MR) is 38.3 cm³/mol. The highest BCUT2D eigenvalue weighted by atomic mass is 16.4. The minimum Gasteiger partial charge on any atom is -0.479 e. The topological polar surface area (TPSA) is 49.7 Å². The van der Waals surface area contributed by atoms with Crippen molar-refractivity contribution in [1.29, 1.82) is 0 Å². The largest absolute Gasteiger partial charge is 0.479 e. The number of aliphatic carboxylic acids is 1. The number of carboxylic acid groups (broad SMARTS) is 1. The van der Waals surface area contributed by atoms with Crippen molar-refractivity contribution in [2.24, 2.45) is 4.99 Å². The van der Waals surface area contributed by atoms with E-state index in [0.717, 1.165) is 11.1 Å². The fourth-order valence-electron chi connectivity index (χ4n) is 0.865. The highest BCUT2D eigenvalue weighted by Crippen LogP contribution is 2.16. The van der Waals surface area contributed by atoms with Gasteiger partial charge in [-0.05, 0) is 25.0 Å². The Labute approximate surface area is 59.1 Å². The van der Waals surface area contributed by atoms with Crippen LogP contribution in [-0.4, -0.2) is 23.3 Å². The highest BCUT2D eigenvalue weighted by Gasteiger charge is 2.22. The van der Waals surface area contributed by atoms with E-state index in [0.29, 0.717) is 0 Å². The summed E-state index contributed by atoms with van der Waals surface area (Å²) in [7, 11) is 0. The summed E-state index contributed by atoms with van der Waals surface area (Å²) in [6.45, 7) is 3.66. The normalized spacial score (nSPS) is 24.0. The molecular weight excluding hydrogens is 130 g/mol. The van der Waals surface area contributed by atoms with E-state index in [9.17, 15) is 4.79 Å². The summed E-state index contributed by atoms with van der Waals surface area (Å²) in [4.78, 5) is 14.2. The summed E-state index contributed by atoms with van der Waals surface area (Å²) in [5.41, 5.74) is 1.81. The predicted octanol–water partition coefficient (Wildman–Crippen LogP) is 0.860. The number of aliphatic imine (C=N–C) groups is 1. The number of rotatable bonds is 1. The summed E-state index contributed by atoms with van der Waals surface area (Å²) in [6.07, 6.45) is 1.61. The second-order valence-electron chi connectivity index (χ2n) is 2.38. The molecule has 1 aliphatic heterocycles. The molecule has 0 spiro atoms. The van der Waals surface area contributed by atoms with Crippen LogP contribution in [-0.2, 0) is 4.79 Å². The van der Waals surface area contributed by atoms with Gasteiger partial charge < -0.3 is 5.11 Å². The quantitative estimate of drug-likeness (QED) is 0.585. The lowest BCUT2D eigenvalue weighted by molar-refractivity contribution is -0.137. The van der Waals surface area contributed by atoms with Gasteiger partial charge >= 0.3 is 5.97 Å². The third kappa shape index (κ3) is 0.943. The molecule has 0 aromatic heterocycles. The van der Waals surface area contributed by atoms with Crippen LogP contribution >= 0.6 is 0 Å². The number of carbonyl (C=O) groups is 1. The molecule has 0 amide bonds. The molecule has 0 aliphatic carbocycles. The summed E-state index contributed by atoms with van der Waals surface area (Å²) in [6, 6.07) is -0.625. The van der Waals surface area contributed by atoms with Crippen molar-refractivity contribution >= 4 is 12.2 Å². The Hall–Kier alpha value is -1.12. The van der Waals surface area contributed by atoms with E-state index in [1.165, 1.54) is 0 Å². The van der Waals surface area contributed by atoms with E-state index < -0.39 is 12.0 Å². The van der Waals surface area contributed by atoms with Gasteiger partial charge in [-0.15, -0.1) is 0 Å². The maximum absolute atomic E-state index is 10.4. The Morgan fingerprint density at radius 2 is 2.30 bits per heavy atom. The van der Waals surface area contributed by atoms with Crippen LogP contribution in [0.5, 0.6) is 0 Å². The zero-order valence-electron chi connectivity index (χ0n) is 5.96. The molecule has 1 heterocycles. The van der Waals surface area contributed by atoms with Crippen molar-refractivity contribution in [1.82, 2.24) is 0 Å². The molecule has 3 heteroatoms. The first-order valence-corrected chi connectivity index (χ1v) is 3.06. The lowest BCUT2D eigenvalue weighted by Gasteiger charge is -2.01. The molecule has 1 aliphatic rings. The second kappa shape index (κ2) is 2.25. The van der Waals surface area contributed by atoms with Crippen molar-refractivity contribution in [3.05, 3.63) is 11.1 Å². The summed E-state index contributed by atoms with van der Waals surface area (Å²) < 4.78 is 0. The van der Waals surface area contributed by atoms with Crippen molar-refractivity contribution in [3.8, 4) is 0 Å². The van der Waals surface area contributed by atoms with Crippen molar-refractivity contribution in [2.75, 3.05) is 0 Å². The van der Waals surface area contributed by atoms with Gasteiger partial charge in [-0.3, -0.25) is 4.99 Å². The number of carboxylic acids is 1. The third-order valence-electron chi connectivity index (χ3n) is 1.68. The monoisotopic (exact) mass is 139 g/mol. The zero-order chi connectivity index (χ0) is 7.72. The smallest absolute Gasteiger partial charge is 0.332 e. The highest BCUT2D eigenvalue weighted by molar-refractivity contribution is 5.90. The Morgan fingerprint density at radius 3 is 2.50 bits per heavy atom. The van der Waals surface area contributed by atoms with Gasteiger partial charge in [0.05, 0.1) is 0 Å². The molecule has 1 rings (SSSR count). The van der Waals surface area contributed by atoms with E-state index in [2.05, 4.69) is 4.99 Å². The molecule has 0 radical (unpaired) electrons. The minimum atomic E-state index is -0.870. The summed E-state index contributed by atoms with van der Waals surface area (Å²) >= 11 is 0. The van der Waals surface area contributed by atoms with Gasteiger partial charge in [0.1, 0.15) is 0 Å². The number of hydrogen-bond acceptors (Lipinski definition) is 2. The molecule has 1 atom stereocenters. The Bertz CT molecular complexity index is 228. The molecule has 3 nitrogen and oxygen atoms in total. The Morgan fingerprint density at radius 1 is 1.70 bits per heavy atom. The van der Waals surface area contributed by atoms with Crippen LogP contribution in [0.15, 0.2) is 16.1 Å². The summed E-state index contributed by atoms with van der Waals surface area (Å²) in [5.74, 6) is -0.870. The molecule has 0 unspecified atom stereocenters. The number of nitrogens with zero attached hydrogens (tertiary/aromatic N) is 1. The average Bonchev–Trinajstić information content (AvgIpc) is 2.14. The van der Waals surface area contributed by atoms with Crippen molar-refractivity contribution < 1.29 is 9.90 Å². The van der Waals surface area contributed by atoms with Crippen LogP contribution in [0.1, 0.15) is 13.8 Å². The van der Waals surface area contributed by atoms with Crippen molar-refractivity contribution in [2.45, 2.75) is 19.9 Å². The fraction of sp³-hybridized carbons (Fsp3) is 0.429. The van der Waals surface area contributed by atoms with Gasteiger partial charge in [0.25, 0.3) is 0 Å². The van der Waals surface area contributed by atoms with Gasteiger partial charge in [0.2, 0.25) is 0 Å². The Balaban J connectivity index is 2.88. The van der Waals surface area contributed by atoms with E-state index in [1.807, 2.05) is 6.92 Å². The fourth-order valence-corrected chi connectivity index (χ4v) is 0.865. The molecule has 1 N–H and O–H groups in total. The molecule has 0 fully saturated rings. The zero-order valence-corrected chi connectivity index (χ0v) is 5.96. The van der Waals surface area contributed by atoms with Gasteiger partial charge in [0.15, 0.2) is 6.04 Å². The van der Waals surface area contributed by atoms with Crippen LogP contribution in [0.25, 0.3) is 0 Å². The lowest BCUT2D eigenvalue weighted by Crippen LogP contribution is -2.16. The van der Waals surface area contributed by atoms with E-state index in [1.54, 1.807) is 13.1 Å². The van der Waals surface area contributed by atoms with Crippen molar-refractivity contribution in [3.63, 3.8) is 0 Å². The first-order chi connectivity index (χ1) is 4.63. The molecule has 0 aromatic carbocycles. The molecule has 0 saturated carbocycles. The average molecular weight is 139 g/mol. The van der Waals surface area contributed by atoms with E-state index >= 15 is 0 Å². The van der Waals surface area contributed by atoms with Crippen LogP contribution in [0.3, 0.4) is 0 Å². The minimum absolute atomic E-state index is 0.625. The summed E-state index contributed by atoms with van der Waals surface area (Å²) in [5, 5.41) is 8.55. The van der Waals surface area contributed by atoms with Crippen LogP contribution < -0.4 is 0 Å². The molecule has 0 bridgehead atoms. The Kier molecular flexibility index (Phi) is 1.57. The first kappa shape index (κ1) is 6.99. The maximum atomic E-state index is 10.4. The van der Waals surface area contributed by atoms with Gasteiger partial charge in [-0.2, -0.15) is 0 Å². The molecule has 10 heavy (non-hydrogen) atoms. The third-order valence-corrected chi connectivity index (χ3v) is 1.68. The van der Waals surface area contributed by atoms with Crippen LogP contribution in [0, 0.1) is 0 Å². The molecular formula is C7H9NO2. The lowest BCUT2D eigenvalue weighted by atomic mass is 10.1. The van der Waals surface area contributed by atoms with E-state index in [-0.39, 0.29) is 0 Å². The maximum Gasteiger partial charge on any atom is 0.332 e. The molecule has 0 aromatic rings. The first-order valence-electron chi connectivity index (χ1n) is 3.06. The molecule has 0 saturated heterocycles. The van der Waals surface area contributed by atoms with Crippen LogP contribution in [0.4, 0.5) is 0 Å². The van der Waals surface area contributed by atoms with E-state index in [4.69, 9.17) is 5.11 Å². The number of hydrogen-bond donors (Lipinski definition) is 1. The molecule has 54 valence electrons. The second-order valence-corrected chi connectivity index (χ2v) is 2.38. The standard InChI is InChI=1S/C7H9NO2/c1-4-3-8-6(5(4)2)7(9)10/h3,6H,1-2H3,(H,9,10)/t6-/m1/s1. The van der Waals surface area contributed by atoms with Gasteiger partial charge in [-0.1, -0.05) is 0 Å².